The van der Waals surface area contributed by atoms with Crippen LogP contribution >= 0.6 is 51.5 Å². The molecule has 0 spiro atoms. The molecule has 1 fully saturated rings. The zero-order valence-corrected chi connectivity index (χ0v) is 16.0. The highest BCUT2D eigenvalue weighted by molar-refractivity contribution is 9.10. The maximum Gasteiger partial charge on any atom is 0.273 e. The van der Waals surface area contributed by atoms with Crippen molar-refractivity contribution in [3.63, 3.8) is 0 Å². The Morgan fingerprint density at radius 3 is 2.38 bits per heavy atom. The van der Waals surface area contributed by atoms with Gasteiger partial charge in [-0.3, -0.25) is 9.59 Å². The zero-order chi connectivity index (χ0) is 17.3. The third-order valence-corrected chi connectivity index (χ3v) is 5.34. The van der Waals surface area contributed by atoms with E-state index in [1.807, 2.05) is 24.3 Å². The number of benzene rings is 2. The van der Waals surface area contributed by atoms with Crippen molar-refractivity contribution in [3.05, 3.63) is 74.1 Å². The van der Waals surface area contributed by atoms with Gasteiger partial charge in [-0.1, -0.05) is 63.6 Å². The minimum atomic E-state index is -0.451. The molecule has 3 nitrogen and oxygen atoms in total. The summed E-state index contributed by atoms with van der Waals surface area (Å²) in [5.74, 6) is -0.860. The van der Waals surface area contributed by atoms with Gasteiger partial charge in [-0.15, -0.1) is 0 Å². The lowest BCUT2D eigenvalue weighted by atomic mass is 10.2. The second kappa shape index (κ2) is 7.19. The maximum atomic E-state index is 12.6. The van der Waals surface area contributed by atoms with Gasteiger partial charge >= 0.3 is 0 Å². The average molecular weight is 439 g/mol. The number of rotatable bonds is 2. The fourth-order valence-corrected chi connectivity index (χ4v) is 3.72. The van der Waals surface area contributed by atoms with E-state index in [1.54, 1.807) is 30.3 Å². The van der Waals surface area contributed by atoms with E-state index in [0.717, 1.165) is 26.7 Å². The first-order valence-electron chi connectivity index (χ1n) is 6.79. The minimum absolute atomic E-state index is 0.225. The molecule has 0 N–H and O–H groups in total. The van der Waals surface area contributed by atoms with Gasteiger partial charge in [0.05, 0.1) is 4.91 Å². The SMILES string of the molecule is O=C1C(=Cc2ccc(Br)cc2)SC(=S)N1C(=O)c1ccc(Cl)cc1. The number of carbonyl (C=O) groups is 2. The highest BCUT2D eigenvalue weighted by Crippen LogP contribution is 2.33. The van der Waals surface area contributed by atoms with Crippen molar-refractivity contribution in [3.8, 4) is 0 Å². The lowest BCUT2D eigenvalue weighted by Crippen LogP contribution is -2.34. The Labute approximate surface area is 161 Å². The van der Waals surface area contributed by atoms with Crippen LogP contribution in [0.25, 0.3) is 6.08 Å². The number of thioether (sulfide) groups is 1. The van der Waals surface area contributed by atoms with Crippen molar-refractivity contribution in [1.82, 2.24) is 4.90 Å². The van der Waals surface area contributed by atoms with Gasteiger partial charge in [0.25, 0.3) is 11.8 Å². The molecule has 3 rings (SSSR count). The Hall–Kier alpha value is -1.47. The van der Waals surface area contributed by atoms with Crippen LogP contribution in [0.4, 0.5) is 0 Å². The molecule has 7 heteroatoms. The Morgan fingerprint density at radius 1 is 1.12 bits per heavy atom. The highest BCUT2D eigenvalue weighted by atomic mass is 79.9. The number of nitrogens with zero attached hydrogens (tertiary/aromatic N) is 1. The van der Waals surface area contributed by atoms with E-state index < -0.39 is 11.8 Å². The second-order valence-corrected chi connectivity index (χ2v) is 7.91. The second-order valence-electron chi connectivity index (χ2n) is 4.88. The summed E-state index contributed by atoms with van der Waals surface area (Å²) in [6, 6.07) is 13.9. The number of hydrogen-bond donors (Lipinski definition) is 0. The Kier molecular flexibility index (Phi) is 5.20. The summed E-state index contributed by atoms with van der Waals surface area (Å²) in [4.78, 5) is 26.6. The molecule has 1 aliphatic rings. The summed E-state index contributed by atoms with van der Waals surface area (Å²) in [6.07, 6.45) is 1.72. The largest absolute Gasteiger partial charge is 0.273 e. The standard InChI is InChI=1S/C17H9BrClNO2S2/c18-12-5-1-10(2-6-12)9-14-16(22)20(17(23)24-14)15(21)11-3-7-13(19)8-4-11/h1-9H. The van der Waals surface area contributed by atoms with Crippen molar-refractivity contribution in [2.45, 2.75) is 0 Å². The molecular formula is C17H9BrClNO2S2. The summed E-state index contributed by atoms with van der Waals surface area (Å²) >= 11 is 15.5. The molecule has 120 valence electrons. The summed E-state index contributed by atoms with van der Waals surface area (Å²) in [5.41, 5.74) is 1.22. The van der Waals surface area contributed by atoms with E-state index in [-0.39, 0.29) is 4.32 Å². The maximum absolute atomic E-state index is 12.6. The molecule has 2 aromatic carbocycles. The van der Waals surface area contributed by atoms with Crippen LogP contribution in [0, 0.1) is 0 Å². The quantitative estimate of drug-likeness (QED) is 0.369. The van der Waals surface area contributed by atoms with Crippen LogP contribution in [0.5, 0.6) is 0 Å². The monoisotopic (exact) mass is 437 g/mol. The van der Waals surface area contributed by atoms with E-state index >= 15 is 0 Å². The zero-order valence-electron chi connectivity index (χ0n) is 12.0. The van der Waals surface area contributed by atoms with Crippen molar-refractivity contribution in [2.24, 2.45) is 0 Å². The summed E-state index contributed by atoms with van der Waals surface area (Å²) in [5, 5.41) is 0.520. The molecule has 2 aromatic rings. The first-order valence-corrected chi connectivity index (χ1v) is 9.19. The van der Waals surface area contributed by atoms with Gasteiger partial charge in [-0.05, 0) is 48.0 Å². The van der Waals surface area contributed by atoms with E-state index in [1.165, 1.54) is 0 Å². The molecule has 0 saturated carbocycles. The van der Waals surface area contributed by atoms with Crippen LogP contribution in [0.15, 0.2) is 57.9 Å². The molecule has 1 aliphatic heterocycles. The highest BCUT2D eigenvalue weighted by Gasteiger charge is 2.37. The lowest BCUT2D eigenvalue weighted by molar-refractivity contribution is -0.120. The fraction of sp³-hybridized carbons (Fsp3) is 0. The number of hydrogen-bond acceptors (Lipinski definition) is 4. The molecule has 0 unspecified atom stereocenters. The van der Waals surface area contributed by atoms with Gasteiger partial charge in [-0.25, -0.2) is 4.90 Å². The van der Waals surface area contributed by atoms with Crippen LogP contribution in [0.2, 0.25) is 5.02 Å². The average Bonchev–Trinajstić information content (AvgIpc) is 2.83. The van der Waals surface area contributed by atoms with Crippen LogP contribution in [0.3, 0.4) is 0 Å². The Morgan fingerprint density at radius 2 is 1.75 bits per heavy atom. The molecule has 0 atom stereocenters. The lowest BCUT2D eigenvalue weighted by Gasteiger charge is -2.12. The molecule has 1 heterocycles. The third kappa shape index (κ3) is 3.62. The molecule has 0 radical (unpaired) electrons. The van der Waals surface area contributed by atoms with E-state index in [2.05, 4.69) is 15.9 Å². The fourth-order valence-electron chi connectivity index (χ4n) is 2.07. The van der Waals surface area contributed by atoms with Gasteiger partial charge in [0.1, 0.15) is 0 Å². The van der Waals surface area contributed by atoms with E-state index in [4.69, 9.17) is 23.8 Å². The van der Waals surface area contributed by atoms with Crippen LogP contribution in [-0.4, -0.2) is 21.0 Å². The predicted octanol–water partition coefficient (Wildman–Crippen LogP) is 5.14. The van der Waals surface area contributed by atoms with Gasteiger partial charge < -0.3 is 0 Å². The smallest absolute Gasteiger partial charge is 0.268 e. The topological polar surface area (TPSA) is 37.4 Å². The molecular weight excluding hydrogens is 430 g/mol. The summed E-state index contributed by atoms with van der Waals surface area (Å²) < 4.78 is 1.17. The third-order valence-electron chi connectivity index (χ3n) is 3.26. The van der Waals surface area contributed by atoms with E-state index in [0.29, 0.717) is 15.5 Å². The number of amides is 2. The molecule has 1 saturated heterocycles. The van der Waals surface area contributed by atoms with Crippen LogP contribution < -0.4 is 0 Å². The van der Waals surface area contributed by atoms with Crippen molar-refractivity contribution in [2.75, 3.05) is 0 Å². The summed E-state index contributed by atoms with van der Waals surface area (Å²) in [6.45, 7) is 0. The summed E-state index contributed by atoms with van der Waals surface area (Å²) in [7, 11) is 0. The van der Waals surface area contributed by atoms with Crippen molar-refractivity contribution < 1.29 is 9.59 Å². The molecule has 2 amide bonds. The normalized spacial score (nSPS) is 16.1. The predicted molar refractivity (Wildman–Crippen MR) is 105 cm³/mol. The Balaban J connectivity index is 1.87. The number of halogens is 2. The minimum Gasteiger partial charge on any atom is -0.268 e. The molecule has 0 aliphatic carbocycles. The Bertz CT molecular complexity index is 863. The number of carbonyl (C=O) groups excluding carboxylic acids is 2. The van der Waals surface area contributed by atoms with E-state index in [9.17, 15) is 9.59 Å². The molecule has 0 bridgehead atoms. The molecule has 24 heavy (non-hydrogen) atoms. The van der Waals surface area contributed by atoms with Gasteiger partial charge in [-0.2, -0.15) is 0 Å². The first-order chi connectivity index (χ1) is 11.5. The number of imide groups is 1. The first kappa shape index (κ1) is 17.4. The van der Waals surface area contributed by atoms with Crippen molar-refractivity contribution in [1.29, 1.82) is 0 Å². The van der Waals surface area contributed by atoms with Gasteiger partial charge in [0, 0.05) is 15.1 Å². The van der Waals surface area contributed by atoms with Crippen LogP contribution in [-0.2, 0) is 4.79 Å². The van der Waals surface area contributed by atoms with Crippen molar-refractivity contribution >= 4 is 73.7 Å². The molecule has 0 aromatic heterocycles. The van der Waals surface area contributed by atoms with Gasteiger partial charge in [0.2, 0.25) is 0 Å². The number of thiocarbonyl (C=S) groups is 1. The van der Waals surface area contributed by atoms with Crippen LogP contribution in [0.1, 0.15) is 15.9 Å². The van der Waals surface area contributed by atoms with Gasteiger partial charge in [0.15, 0.2) is 4.32 Å².